The highest BCUT2D eigenvalue weighted by molar-refractivity contribution is 7.89. The van der Waals surface area contributed by atoms with Crippen LogP contribution in [0, 0.1) is 0 Å². The zero-order valence-corrected chi connectivity index (χ0v) is 13.5. The first-order valence-corrected chi connectivity index (χ1v) is 9.54. The van der Waals surface area contributed by atoms with E-state index in [0.717, 1.165) is 38.9 Å². The molecule has 0 bridgehead atoms. The molecular weight excluding hydrogens is 284 g/mol. The third kappa shape index (κ3) is 7.49. The Balaban J connectivity index is 2.24. The number of likely N-dealkylation sites (tertiary alicyclic amines) is 1. The number of sulfonamides is 1. The minimum Gasteiger partial charge on any atom is -0.303 e. The first-order chi connectivity index (χ1) is 9.07. The van der Waals surface area contributed by atoms with Gasteiger partial charge in [-0.05, 0) is 51.7 Å². The van der Waals surface area contributed by atoms with Gasteiger partial charge in [0.25, 0.3) is 0 Å². The van der Waals surface area contributed by atoms with E-state index >= 15 is 0 Å². The van der Waals surface area contributed by atoms with Crippen molar-refractivity contribution in [3.63, 3.8) is 0 Å². The van der Waals surface area contributed by atoms with Crippen molar-refractivity contribution in [1.29, 1.82) is 0 Å². The maximum atomic E-state index is 11.9. The topological polar surface area (TPSA) is 49.4 Å². The maximum absolute atomic E-state index is 11.9. The van der Waals surface area contributed by atoms with Crippen LogP contribution in [0.5, 0.6) is 0 Å². The molecule has 0 aromatic carbocycles. The van der Waals surface area contributed by atoms with Crippen LogP contribution in [0.25, 0.3) is 0 Å². The number of rotatable bonds is 9. The second-order valence-corrected chi connectivity index (χ2v) is 7.55. The van der Waals surface area contributed by atoms with Gasteiger partial charge in [-0.2, -0.15) is 0 Å². The number of alkyl halides is 1. The van der Waals surface area contributed by atoms with E-state index in [0.29, 0.717) is 12.3 Å². The van der Waals surface area contributed by atoms with Crippen LogP contribution < -0.4 is 4.72 Å². The minimum atomic E-state index is -3.12. The lowest BCUT2D eigenvalue weighted by molar-refractivity contribution is 0.205. The molecule has 0 aromatic heterocycles. The average Bonchev–Trinajstić information content (AvgIpc) is 2.38. The fourth-order valence-corrected chi connectivity index (χ4v) is 3.99. The van der Waals surface area contributed by atoms with Gasteiger partial charge in [0, 0.05) is 11.9 Å². The number of hydrogen-bond acceptors (Lipinski definition) is 3. The fraction of sp³-hybridized carbons (Fsp3) is 1.00. The predicted octanol–water partition coefficient (Wildman–Crippen LogP) is 2.19. The lowest BCUT2D eigenvalue weighted by atomic mass is 10.1. The Morgan fingerprint density at radius 1 is 1.21 bits per heavy atom. The molecule has 1 heterocycles. The summed E-state index contributed by atoms with van der Waals surface area (Å²) in [6.45, 7) is 5.36. The first kappa shape index (κ1) is 17.2. The smallest absolute Gasteiger partial charge is 0.211 e. The molecule has 0 unspecified atom stereocenters. The van der Waals surface area contributed by atoms with Crippen LogP contribution in [0.4, 0.5) is 0 Å². The molecule has 1 N–H and O–H groups in total. The van der Waals surface area contributed by atoms with E-state index in [-0.39, 0.29) is 11.8 Å². The third-order valence-corrected chi connectivity index (χ3v) is 5.34. The van der Waals surface area contributed by atoms with Crippen LogP contribution in [0.15, 0.2) is 0 Å². The number of nitrogens with zero attached hydrogens (tertiary/aromatic N) is 1. The molecule has 1 saturated heterocycles. The standard InChI is InChI=1S/C13H27ClN2O2S/c1-2-3-9-16-10-6-13(7-11-16)15-19(17,18)12-5-4-8-14/h13,15H,2-12H2,1H3. The molecule has 0 spiro atoms. The Kier molecular flexibility index (Phi) is 8.30. The van der Waals surface area contributed by atoms with Crippen LogP contribution in [0.1, 0.15) is 45.4 Å². The van der Waals surface area contributed by atoms with Crippen LogP contribution in [-0.2, 0) is 10.0 Å². The van der Waals surface area contributed by atoms with Crippen LogP contribution in [-0.4, -0.2) is 50.6 Å². The Bertz CT molecular complexity index is 328. The van der Waals surface area contributed by atoms with Gasteiger partial charge in [0.1, 0.15) is 0 Å². The highest BCUT2D eigenvalue weighted by Gasteiger charge is 2.22. The SMILES string of the molecule is CCCCN1CCC(NS(=O)(=O)CCCCCl)CC1. The van der Waals surface area contributed by atoms with Crippen LogP contribution in [0.2, 0.25) is 0 Å². The van der Waals surface area contributed by atoms with Gasteiger partial charge in [0.05, 0.1) is 5.75 Å². The predicted molar refractivity (Wildman–Crippen MR) is 81.2 cm³/mol. The summed E-state index contributed by atoms with van der Waals surface area (Å²) < 4.78 is 26.6. The second kappa shape index (κ2) is 9.16. The molecule has 1 rings (SSSR count). The summed E-state index contributed by atoms with van der Waals surface area (Å²) in [6.07, 6.45) is 5.71. The van der Waals surface area contributed by atoms with Crippen molar-refractivity contribution in [3.8, 4) is 0 Å². The van der Waals surface area contributed by atoms with Gasteiger partial charge < -0.3 is 4.90 Å². The summed E-state index contributed by atoms with van der Waals surface area (Å²) in [6, 6.07) is 0.124. The second-order valence-electron chi connectivity index (χ2n) is 5.30. The summed E-state index contributed by atoms with van der Waals surface area (Å²) in [5.74, 6) is 0.737. The quantitative estimate of drug-likeness (QED) is 0.524. The van der Waals surface area contributed by atoms with Crippen LogP contribution >= 0.6 is 11.6 Å². The Hall–Kier alpha value is 0.160. The Morgan fingerprint density at radius 2 is 1.89 bits per heavy atom. The summed E-state index contributed by atoms with van der Waals surface area (Å²) in [7, 11) is -3.12. The third-order valence-electron chi connectivity index (χ3n) is 3.56. The van der Waals surface area contributed by atoms with Gasteiger partial charge in [-0.1, -0.05) is 13.3 Å². The maximum Gasteiger partial charge on any atom is 0.211 e. The molecule has 0 aromatic rings. The van der Waals surface area contributed by atoms with Crippen molar-refractivity contribution < 1.29 is 8.42 Å². The number of halogens is 1. The van der Waals surface area contributed by atoms with Crippen molar-refractivity contribution in [2.45, 2.75) is 51.5 Å². The van der Waals surface area contributed by atoms with E-state index in [1.54, 1.807) is 0 Å². The molecule has 4 nitrogen and oxygen atoms in total. The van der Waals surface area contributed by atoms with Crippen molar-refractivity contribution in [2.24, 2.45) is 0 Å². The highest BCUT2D eigenvalue weighted by atomic mass is 35.5. The van der Waals surface area contributed by atoms with Crippen molar-refractivity contribution in [1.82, 2.24) is 9.62 Å². The number of piperidine rings is 1. The van der Waals surface area contributed by atoms with Gasteiger partial charge in [-0.25, -0.2) is 13.1 Å². The van der Waals surface area contributed by atoms with E-state index in [2.05, 4.69) is 16.5 Å². The van der Waals surface area contributed by atoms with Gasteiger partial charge in [-0.15, -0.1) is 11.6 Å². The molecule has 6 heteroatoms. The van der Waals surface area contributed by atoms with E-state index in [4.69, 9.17) is 11.6 Å². The van der Waals surface area contributed by atoms with E-state index in [1.165, 1.54) is 12.8 Å². The Labute approximate surface area is 122 Å². The van der Waals surface area contributed by atoms with Gasteiger partial charge in [-0.3, -0.25) is 0 Å². The summed E-state index contributed by atoms with van der Waals surface area (Å²) >= 11 is 5.56. The minimum absolute atomic E-state index is 0.124. The fourth-order valence-electron chi connectivity index (χ4n) is 2.36. The number of hydrogen-bond donors (Lipinski definition) is 1. The molecule has 1 aliphatic rings. The lowest BCUT2D eigenvalue weighted by Gasteiger charge is -2.32. The summed E-state index contributed by atoms with van der Waals surface area (Å²) in [4.78, 5) is 2.43. The van der Waals surface area contributed by atoms with E-state index in [9.17, 15) is 8.42 Å². The number of unbranched alkanes of at least 4 members (excludes halogenated alkanes) is 2. The largest absolute Gasteiger partial charge is 0.303 e. The van der Waals surface area contributed by atoms with E-state index < -0.39 is 10.0 Å². The van der Waals surface area contributed by atoms with Crippen molar-refractivity contribution >= 4 is 21.6 Å². The Morgan fingerprint density at radius 3 is 2.47 bits per heavy atom. The molecule has 0 amide bonds. The van der Waals surface area contributed by atoms with Crippen molar-refractivity contribution in [3.05, 3.63) is 0 Å². The van der Waals surface area contributed by atoms with Gasteiger partial charge >= 0.3 is 0 Å². The van der Waals surface area contributed by atoms with Crippen molar-refractivity contribution in [2.75, 3.05) is 31.3 Å². The molecule has 0 radical (unpaired) electrons. The average molecular weight is 311 g/mol. The molecule has 0 atom stereocenters. The normalized spacial score (nSPS) is 18.8. The zero-order chi connectivity index (χ0) is 14.1. The molecule has 19 heavy (non-hydrogen) atoms. The molecule has 1 aliphatic heterocycles. The number of nitrogens with one attached hydrogen (secondary N) is 1. The molecule has 0 aliphatic carbocycles. The van der Waals surface area contributed by atoms with E-state index in [1.807, 2.05) is 0 Å². The molecule has 0 saturated carbocycles. The lowest BCUT2D eigenvalue weighted by Crippen LogP contribution is -2.45. The van der Waals surface area contributed by atoms with Gasteiger partial charge in [0.2, 0.25) is 10.0 Å². The molecular formula is C13H27ClN2O2S. The summed E-state index contributed by atoms with van der Waals surface area (Å²) in [5.41, 5.74) is 0. The van der Waals surface area contributed by atoms with Crippen LogP contribution in [0.3, 0.4) is 0 Å². The van der Waals surface area contributed by atoms with Gasteiger partial charge in [0.15, 0.2) is 0 Å². The first-order valence-electron chi connectivity index (χ1n) is 7.35. The molecule has 114 valence electrons. The monoisotopic (exact) mass is 310 g/mol. The highest BCUT2D eigenvalue weighted by Crippen LogP contribution is 2.12. The summed E-state index contributed by atoms with van der Waals surface area (Å²) in [5, 5.41) is 0. The zero-order valence-electron chi connectivity index (χ0n) is 11.9. The molecule has 1 fully saturated rings.